The lowest BCUT2D eigenvalue weighted by Gasteiger charge is -2.35. The van der Waals surface area contributed by atoms with Crippen molar-refractivity contribution in [3.05, 3.63) is 53.7 Å². The van der Waals surface area contributed by atoms with Gasteiger partial charge in [-0.05, 0) is 64.3 Å². The number of carbonyl (C=O) groups is 1. The molecule has 0 saturated carbocycles. The summed E-state index contributed by atoms with van der Waals surface area (Å²) >= 11 is 0. The molecule has 0 spiro atoms. The highest BCUT2D eigenvalue weighted by Gasteiger charge is 2.34. The zero-order chi connectivity index (χ0) is 21.9. The van der Waals surface area contributed by atoms with E-state index in [1.807, 2.05) is 25.1 Å². The maximum absolute atomic E-state index is 13.3. The number of rotatable bonds is 4. The number of ether oxygens (including phenoxy) is 1. The molecule has 7 nitrogen and oxygen atoms in total. The van der Waals surface area contributed by atoms with Gasteiger partial charge in [0.25, 0.3) is 0 Å². The maximum Gasteiger partial charge on any atom is 0.413 e. The Bertz CT molecular complexity index is 981. The lowest BCUT2D eigenvalue weighted by molar-refractivity contribution is 0.0635. The molecule has 1 amide bonds. The summed E-state index contributed by atoms with van der Waals surface area (Å²) in [5.74, 6) is 0.358. The molecule has 8 heteroatoms. The van der Waals surface area contributed by atoms with Crippen molar-refractivity contribution in [3.63, 3.8) is 0 Å². The van der Waals surface area contributed by atoms with E-state index < -0.39 is 21.7 Å². The van der Waals surface area contributed by atoms with Crippen molar-refractivity contribution < 1.29 is 17.9 Å². The van der Waals surface area contributed by atoms with Gasteiger partial charge in [0.15, 0.2) is 0 Å². The summed E-state index contributed by atoms with van der Waals surface area (Å²) in [7, 11) is -3.61. The molecular formula is C22H29N3O4S. The monoisotopic (exact) mass is 431 g/mol. The number of hydrogen-bond donors (Lipinski definition) is 1. The third kappa shape index (κ3) is 5.37. The van der Waals surface area contributed by atoms with Crippen molar-refractivity contribution in [2.75, 3.05) is 11.9 Å². The lowest BCUT2D eigenvalue weighted by atomic mass is 9.99. The maximum atomic E-state index is 13.3. The fourth-order valence-electron chi connectivity index (χ4n) is 3.46. The molecule has 2 heterocycles. The van der Waals surface area contributed by atoms with Crippen molar-refractivity contribution >= 4 is 21.9 Å². The number of anilines is 1. The summed E-state index contributed by atoms with van der Waals surface area (Å²) in [6, 6.07) is 10.1. The number of nitrogens with one attached hydrogen (secondary N) is 1. The zero-order valence-corrected chi connectivity index (χ0v) is 18.7. The minimum absolute atomic E-state index is 0.284. The van der Waals surface area contributed by atoms with Gasteiger partial charge in [-0.1, -0.05) is 30.2 Å². The second kappa shape index (κ2) is 8.73. The van der Waals surface area contributed by atoms with Crippen LogP contribution in [0.1, 0.15) is 57.2 Å². The normalized spacial score (nSPS) is 18.1. The topological polar surface area (TPSA) is 88.6 Å². The fraction of sp³-hybridized carbons (Fsp3) is 0.455. The predicted molar refractivity (Wildman–Crippen MR) is 116 cm³/mol. The third-order valence-electron chi connectivity index (χ3n) is 4.88. The molecule has 1 aromatic carbocycles. The Balaban J connectivity index is 1.79. The number of pyridine rings is 1. The van der Waals surface area contributed by atoms with E-state index in [0.717, 1.165) is 30.4 Å². The zero-order valence-electron chi connectivity index (χ0n) is 17.9. The molecule has 2 aromatic rings. The number of aryl methyl sites for hydroxylation is 1. The van der Waals surface area contributed by atoms with Crippen LogP contribution < -0.4 is 5.32 Å². The average molecular weight is 432 g/mol. The molecule has 1 aliphatic heterocycles. The van der Waals surface area contributed by atoms with E-state index in [4.69, 9.17) is 4.74 Å². The Kier molecular flexibility index (Phi) is 6.47. The number of benzene rings is 1. The fourth-order valence-corrected chi connectivity index (χ4v) is 5.14. The van der Waals surface area contributed by atoms with Gasteiger partial charge in [-0.3, -0.25) is 5.32 Å². The average Bonchev–Trinajstić information content (AvgIpc) is 2.67. The predicted octanol–water partition coefficient (Wildman–Crippen LogP) is 4.65. The molecule has 3 rings (SSSR count). The van der Waals surface area contributed by atoms with Crippen LogP contribution in [0.15, 0.2) is 47.5 Å². The van der Waals surface area contributed by atoms with Crippen LogP contribution in [0.2, 0.25) is 0 Å². The van der Waals surface area contributed by atoms with E-state index in [9.17, 15) is 13.2 Å². The van der Waals surface area contributed by atoms with Gasteiger partial charge in [-0.2, -0.15) is 4.31 Å². The summed E-state index contributed by atoms with van der Waals surface area (Å²) in [6.07, 6.45) is 3.55. The van der Waals surface area contributed by atoms with Crippen LogP contribution in [0.3, 0.4) is 0 Å². The van der Waals surface area contributed by atoms with Crippen molar-refractivity contribution in [3.8, 4) is 0 Å². The van der Waals surface area contributed by atoms with Crippen molar-refractivity contribution in [1.82, 2.24) is 9.29 Å². The Morgan fingerprint density at radius 1 is 1.13 bits per heavy atom. The van der Waals surface area contributed by atoms with E-state index in [1.54, 1.807) is 49.5 Å². The van der Waals surface area contributed by atoms with E-state index >= 15 is 0 Å². The van der Waals surface area contributed by atoms with Crippen LogP contribution >= 0.6 is 0 Å². The Morgan fingerprint density at radius 3 is 2.43 bits per heavy atom. The molecular weight excluding hydrogens is 402 g/mol. The van der Waals surface area contributed by atoms with Gasteiger partial charge in [-0.25, -0.2) is 18.2 Å². The van der Waals surface area contributed by atoms with Crippen molar-refractivity contribution in [2.45, 2.75) is 63.5 Å². The molecule has 1 N–H and O–H groups in total. The van der Waals surface area contributed by atoms with Crippen molar-refractivity contribution in [1.29, 1.82) is 0 Å². The number of sulfonamides is 1. The van der Waals surface area contributed by atoms with Gasteiger partial charge >= 0.3 is 6.09 Å². The van der Waals surface area contributed by atoms with Gasteiger partial charge in [-0.15, -0.1) is 0 Å². The largest absolute Gasteiger partial charge is 0.444 e. The van der Waals surface area contributed by atoms with Gasteiger partial charge in [0, 0.05) is 12.7 Å². The van der Waals surface area contributed by atoms with E-state index in [2.05, 4.69) is 10.3 Å². The Labute approximate surface area is 178 Å². The molecule has 30 heavy (non-hydrogen) atoms. The van der Waals surface area contributed by atoms with Gasteiger partial charge in [0.05, 0.1) is 10.9 Å². The molecule has 1 aromatic heterocycles. The Hall–Kier alpha value is -2.45. The van der Waals surface area contributed by atoms with Crippen LogP contribution in [-0.2, 0) is 14.8 Å². The highest BCUT2D eigenvalue weighted by Crippen LogP contribution is 2.35. The molecule has 162 valence electrons. The molecule has 0 aliphatic carbocycles. The molecule has 0 unspecified atom stereocenters. The summed E-state index contributed by atoms with van der Waals surface area (Å²) in [4.78, 5) is 16.5. The molecule has 0 bridgehead atoms. The van der Waals surface area contributed by atoms with E-state index in [-0.39, 0.29) is 6.04 Å². The number of aromatic nitrogens is 1. The molecule has 0 radical (unpaired) electrons. The quantitative estimate of drug-likeness (QED) is 0.761. The number of piperidine rings is 1. The first-order chi connectivity index (χ1) is 14.1. The number of amides is 1. The van der Waals surface area contributed by atoms with Crippen LogP contribution in [0.25, 0.3) is 0 Å². The molecule has 1 saturated heterocycles. The molecule has 1 atom stereocenters. The smallest absolute Gasteiger partial charge is 0.413 e. The van der Waals surface area contributed by atoms with Crippen LogP contribution in [-0.4, -0.2) is 35.9 Å². The van der Waals surface area contributed by atoms with Gasteiger partial charge in [0.1, 0.15) is 11.4 Å². The second-order valence-electron chi connectivity index (χ2n) is 8.54. The van der Waals surface area contributed by atoms with E-state index in [1.165, 1.54) is 0 Å². The first-order valence-electron chi connectivity index (χ1n) is 10.1. The first kappa shape index (κ1) is 22.2. The third-order valence-corrected chi connectivity index (χ3v) is 6.80. The number of carbonyl (C=O) groups excluding carboxylic acids is 1. The summed E-state index contributed by atoms with van der Waals surface area (Å²) in [5, 5.41) is 2.60. The number of hydrogen-bond acceptors (Lipinski definition) is 5. The number of nitrogens with zero attached hydrogens (tertiary/aromatic N) is 2. The highest BCUT2D eigenvalue weighted by molar-refractivity contribution is 7.89. The summed E-state index contributed by atoms with van der Waals surface area (Å²) in [5.41, 5.74) is 1.22. The summed E-state index contributed by atoms with van der Waals surface area (Å²) < 4.78 is 33.3. The van der Waals surface area contributed by atoms with Gasteiger partial charge in [0.2, 0.25) is 10.0 Å². The van der Waals surface area contributed by atoms with E-state index in [0.29, 0.717) is 17.3 Å². The highest BCUT2D eigenvalue weighted by atomic mass is 32.2. The standard InChI is InChI=1S/C22H29N3O4S/c1-16-8-11-18(12-9-16)30(27,28)25-14-6-5-7-19(25)17-10-13-20(23-15-17)24-21(26)29-22(2,3)4/h8-13,15,19H,5-7,14H2,1-4H3,(H,23,24,26)/t19-/m0/s1. The van der Waals surface area contributed by atoms with Crippen molar-refractivity contribution in [2.24, 2.45) is 0 Å². The Morgan fingerprint density at radius 2 is 1.83 bits per heavy atom. The second-order valence-corrected chi connectivity index (χ2v) is 10.4. The molecule has 1 fully saturated rings. The first-order valence-corrected chi connectivity index (χ1v) is 11.5. The van der Waals surface area contributed by atoms with Crippen LogP contribution in [0.5, 0.6) is 0 Å². The summed E-state index contributed by atoms with van der Waals surface area (Å²) in [6.45, 7) is 7.76. The SMILES string of the molecule is Cc1ccc(S(=O)(=O)N2CCCC[C@H]2c2ccc(NC(=O)OC(C)(C)C)nc2)cc1. The minimum atomic E-state index is -3.61. The van der Waals surface area contributed by atoms with Gasteiger partial charge < -0.3 is 4.74 Å². The lowest BCUT2D eigenvalue weighted by Crippen LogP contribution is -2.38. The molecule has 1 aliphatic rings. The van der Waals surface area contributed by atoms with Crippen LogP contribution in [0, 0.1) is 6.92 Å². The van der Waals surface area contributed by atoms with Crippen LogP contribution in [0.4, 0.5) is 10.6 Å². The minimum Gasteiger partial charge on any atom is -0.444 e.